The fourth-order valence-corrected chi connectivity index (χ4v) is 0.992. The molecule has 0 unspecified atom stereocenters. The second-order valence-corrected chi connectivity index (χ2v) is 2.14. The number of aromatic nitrogens is 1. The third kappa shape index (κ3) is 2.28. The Morgan fingerprint density at radius 1 is 1.08 bits per heavy atom. The number of nitrogens with zero attached hydrogens (tertiary/aromatic N) is 1. The number of rotatable bonds is 0. The molecule has 4 heteroatoms. The Kier molecular flexibility index (Phi) is 5.57. The van der Waals surface area contributed by atoms with Gasteiger partial charge in [-0.1, -0.05) is 29.7 Å². The molecule has 50 valence electrons. The molecule has 12 heavy (non-hydrogen) atoms. The van der Waals surface area contributed by atoms with E-state index in [0.717, 1.165) is 5.52 Å². The van der Waals surface area contributed by atoms with Crippen LogP contribution in [0.15, 0.2) is 30.5 Å². The average Bonchev–Trinajstić information content (AvgIpc) is 2.34. The zero-order valence-electron chi connectivity index (χ0n) is 7.24. The Bertz CT molecular complexity index is 359. The van der Waals surface area contributed by atoms with Gasteiger partial charge in [-0.15, -0.1) is 11.3 Å². The Hall–Kier alpha value is 0.560. The van der Waals surface area contributed by atoms with Crippen molar-refractivity contribution in [2.45, 2.75) is 0 Å². The van der Waals surface area contributed by atoms with E-state index in [4.69, 9.17) is 0 Å². The largest absolute Gasteiger partial charge is 1.00 e. The van der Waals surface area contributed by atoms with Crippen LogP contribution in [-0.2, 0) is 0 Å². The molecule has 0 saturated heterocycles. The summed E-state index contributed by atoms with van der Waals surface area (Å²) in [5.74, 6) is 0.00981. The van der Waals surface area contributed by atoms with Gasteiger partial charge < -0.3 is 10.1 Å². The molecule has 0 N–H and O–H groups in total. The maximum absolute atomic E-state index is 10.9. The topological polar surface area (TPSA) is 37.2 Å². The first kappa shape index (κ1) is 12.6. The second-order valence-electron chi connectivity index (χ2n) is 2.14. The van der Waals surface area contributed by atoms with E-state index in [2.05, 4.69) is 4.98 Å². The summed E-state index contributed by atoms with van der Waals surface area (Å²) < 4.78 is 0. The maximum Gasteiger partial charge on any atom is 1.00 e. The average molecular weight is 177 g/mol. The molecular formula is C8H5NNa2O. The summed E-state index contributed by atoms with van der Waals surface area (Å²) in [6.45, 7) is 0. The van der Waals surface area contributed by atoms with Crippen LogP contribution in [0.3, 0.4) is 0 Å². The van der Waals surface area contributed by atoms with E-state index in [-0.39, 0.29) is 64.9 Å². The van der Waals surface area contributed by atoms with Crippen LogP contribution < -0.4 is 69.2 Å². The number of benzene rings is 1. The molecule has 2 nitrogen and oxygen atoms in total. The van der Waals surface area contributed by atoms with Crippen molar-refractivity contribution >= 4 is 10.9 Å². The van der Waals surface area contributed by atoms with E-state index in [1.165, 1.54) is 6.20 Å². The zero-order chi connectivity index (χ0) is 6.97. The van der Waals surface area contributed by atoms with Crippen LogP contribution in [0.4, 0.5) is 0 Å². The van der Waals surface area contributed by atoms with Crippen molar-refractivity contribution < 1.29 is 64.2 Å². The molecule has 1 aromatic carbocycles. The second kappa shape index (κ2) is 5.32. The predicted molar refractivity (Wildman–Crippen MR) is 36.7 cm³/mol. The Labute approximate surface area is 115 Å². The summed E-state index contributed by atoms with van der Waals surface area (Å²) in [6.07, 6.45) is 1.35. The molecule has 1 aromatic heterocycles. The van der Waals surface area contributed by atoms with Gasteiger partial charge in [0.15, 0.2) is 0 Å². The fourth-order valence-electron chi connectivity index (χ4n) is 0.992. The number of fused-ring (bicyclic) bond motifs is 1. The van der Waals surface area contributed by atoms with Crippen LogP contribution in [0.25, 0.3) is 10.9 Å². The van der Waals surface area contributed by atoms with Crippen molar-refractivity contribution in [3.05, 3.63) is 30.5 Å². The Morgan fingerprint density at radius 3 is 2.42 bits per heavy atom. The molecule has 2 rings (SSSR count). The summed E-state index contributed by atoms with van der Waals surface area (Å²) in [4.78, 5) is 3.91. The minimum absolute atomic E-state index is 0. The van der Waals surface area contributed by atoms with Gasteiger partial charge in [-0.25, -0.2) is 0 Å². The van der Waals surface area contributed by atoms with Gasteiger partial charge in [0.05, 0.1) is 0 Å². The van der Waals surface area contributed by atoms with Gasteiger partial charge in [-0.2, -0.15) is 6.20 Å². The molecule has 0 amide bonds. The van der Waals surface area contributed by atoms with E-state index in [1.807, 2.05) is 18.2 Å². The van der Waals surface area contributed by atoms with E-state index in [1.54, 1.807) is 6.07 Å². The summed E-state index contributed by atoms with van der Waals surface area (Å²) in [6, 6.07) is 7.32. The predicted octanol–water partition coefficient (Wildman–Crippen LogP) is -5.12. The SMILES string of the molecule is [Na+].[Na+].[O-]c1c[n-]c2ccccc12. The van der Waals surface area contributed by atoms with Crippen molar-refractivity contribution in [1.82, 2.24) is 4.98 Å². The summed E-state index contributed by atoms with van der Waals surface area (Å²) in [5.41, 5.74) is 0.785. The van der Waals surface area contributed by atoms with Gasteiger partial charge in [-0.3, -0.25) is 0 Å². The van der Waals surface area contributed by atoms with Crippen molar-refractivity contribution in [2.75, 3.05) is 0 Å². The van der Waals surface area contributed by atoms with Crippen molar-refractivity contribution in [3.63, 3.8) is 0 Å². The third-order valence-electron chi connectivity index (χ3n) is 1.49. The van der Waals surface area contributed by atoms with Crippen molar-refractivity contribution in [1.29, 1.82) is 0 Å². The fraction of sp³-hybridized carbons (Fsp3) is 0. The summed E-state index contributed by atoms with van der Waals surface area (Å²) >= 11 is 0. The smallest absolute Gasteiger partial charge is 0.873 e. The molecule has 0 bridgehead atoms. The van der Waals surface area contributed by atoms with Crippen LogP contribution >= 0.6 is 0 Å². The van der Waals surface area contributed by atoms with Gasteiger partial charge in [0.25, 0.3) is 0 Å². The molecule has 0 spiro atoms. The molecule has 0 saturated carbocycles. The number of para-hydroxylation sites is 1. The zero-order valence-corrected chi connectivity index (χ0v) is 11.2. The number of hydrogen-bond donors (Lipinski definition) is 0. The van der Waals surface area contributed by atoms with Crippen LogP contribution in [0.1, 0.15) is 0 Å². The molecule has 0 aliphatic rings. The van der Waals surface area contributed by atoms with E-state index < -0.39 is 0 Å². The first-order valence-corrected chi connectivity index (χ1v) is 3.05. The van der Waals surface area contributed by atoms with Gasteiger partial charge in [0.2, 0.25) is 0 Å². The molecule has 1 heterocycles. The molecule has 2 aromatic rings. The van der Waals surface area contributed by atoms with Crippen LogP contribution in [0, 0.1) is 0 Å². The summed E-state index contributed by atoms with van der Waals surface area (Å²) in [7, 11) is 0. The van der Waals surface area contributed by atoms with E-state index in [0.29, 0.717) is 5.39 Å². The first-order valence-electron chi connectivity index (χ1n) is 3.05. The minimum atomic E-state index is 0. The van der Waals surface area contributed by atoms with Gasteiger partial charge in [0, 0.05) is 0 Å². The third-order valence-corrected chi connectivity index (χ3v) is 1.49. The standard InChI is InChI=1S/C8H6NO.2Na/c10-8-5-9-7-4-2-1-3-6(7)8;;/h1-5,10H;;/q-1;2*+1/p-1. The maximum atomic E-state index is 10.9. The monoisotopic (exact) mass is 177 g/mol. The quantitative estimate of drug-likeness (QED) is 0.377. The van der Waals surface area contributed by atoms with Crippen molar-refractivity contribution in [2.24, 2.45) is 0 Å². The molecular weight excluding hydrogens is 172 g/mol. The molecule has 0 atom stereocenters. The van der Waals surface area contributed by atoms with Gasteiger partial charge in [-0.05, 0) is 0 Å². The van der Waals surface area contributed by atoms with Gasteiger partial charge in [0.1, 0.15) is 0 Å². The van der Waals surface area contributed by atoms with E-state index in [9.17, 15) is 5.11 Å². The Morgan fingerprint density at radius 2 is 1.75 bits per heavy atom. The van der Waals surface area contributed by atoms with Crippen molar-refractivity contribution in [3.8, 4) is 5.75 Å². The Balaban J connectivity index is 0.000000605. The first-order chi connectivity index (χ1) is 4.88. The van der Waals surface area contributed by atoms with Crippen LogP contribution in [0.2, 0.25) is 0 Å². The normalized spacial score (nSPS) is 8.67. The van der Waals surface area contributed by atoms with Gasteiger partial charge >= 0.3 is 59.1 Å². The van der Waals surface area contributed by atoms with E-state index >= 15 is 0 Å². The molecule has 0 aliphatic carbocycles. The van der Waals surface area contributed by atoms with Crippen LogP contribution in [0.5, 0.6) is 5.75 Å². The molecule has 0 fully saturated rings. The minimum Gasteiger partial charge on any atom is -0.873 e. The molecule has 0 aliphatic heterocycles. The number of hydrogen-bond acceptors (Lipinski definition) is 1. The molecule has 0 radical (unpaired) electrons. The summed E-state index contributed by atoms with van der Waals surface area (Å²) in [5, 5.41) is 11.6. The van der Waals surface area contributed by atoms with Crippen LogP contribution in [-0.4, -0.2) is 0 Å².